The van der Waals surface area contributed by atoms with E-state index >= 15 is 0 Å². The quantitative estimate of drug-likeness (QED) is 0.775. The third-order valence-corrected chi connectivity index (χ3v) is 5.12. The maximum absolute atomic E-state index is 6.19. The van der Waals surface area contributed by atoms with Crippen LogP contribution in [-0.4, -0.2) is 33.8 Å². The monoisotopic (exact) mass is 262 g/mol. The van der Waals surface area contributed by atoms with E-state index in [2.05, 4.69) is 35.0 Å². The molecule has 0 spiro atoms. The van der Waals surface area contributed by atoms with Crippen LogP contribution >= 0.6 is 11.8 Å². The minimum atomic E-state index is 0.506. The van der Waals surface area contributed by atoms with Crippen LogP contribution in [0, 0.1) is 0 Å². The molecule has 18 heavy (non-hydrogen) atoms. The van der Waals surface area contributed by atoms with Crippen LogP contribution in [0.3, 0.4) is 0 Å². The van der Waals surface area contributed by atoms with Gasteiger partial charge in [0.2, 0.25) is 0 Å². The van der Waals surface area contributed by atoms with Gasteiger partial charge in [0, 0.05) is 29.0 Å². The lowest BCUT2D eigenvalue weighted by molar-refractivity contribution is 0.628. The molecule has 0 radical (unpaired) electrons. The fourth-order valence-corrected chi connectivity index (χ4v) is 3.62. The number of fused-ring (bicyclic) bond motifs is 1. The van der Waals surface area contributed by atoms with Crippen LogP contribution in [0.5, 0.6) is 0 Å². The van der Waals surface area contributed by atoms with Gasteiger partial charge < -0.3 is 10.6 Å². The third kappa shape index (κ3) is 1.82. The Labute approximate surface area is 111 Å². The van der Waals surface area contributed by atoms with Crippen molar-refractivity contribution in [1.29, 1.82) is 0 Å². The van der Waals surface area contributed by atoms with Crippen LogP contribution in [0.1, 0.15) is 13.8 Å². The summed E-state index contributed by atoms with van der Waals surface area (Å²) in [5.74, 6) is 1.16. The summed E-state index contributed by atoms with van der Waals surface area (Å²) in [5, 5.41) is 8.78. The van der Waals surface area contributed by atoms with Crippen molar-refractivity contribution in [2.45, 2.75) is 25.1 Å². The molecule has 0 bridgehead atoms. The van der Waals surface area contributed by atoms with Crippen molar-refractivity contribution in [2.24, 2.45) is 0 Å². The lowest BCUT2D eigenvalue weighted by Gasteiger charge is -2.39. The maximum atomic E-state index is 6.19. The molecule has 2 unspecified atom stereocenters. The number of benzene rings is 1. The molecule has 3 N–H and O–H groups in total. The summed E-state index contributed by atoms with van der Waals surface area (Å²) in [6.07, 6.45) is 1.81. The topological polar surface area (TPSA) is 57.9 Å². The highest BCUT2D eigenvalue weighted by Crippen LogP contribution is 2.34. The smallest absolute Gasteiger partial charge is 0.0672 e. The number of nitrogen functional groups attached to an aromatic ring is 1. The molecular weight excluding hydrogens is 244 g/mol. The molecule has 1 aliphatic heterocycles. The van der Waals surface area contributed by atoms with Crippen molar-refractivity contribution in [3.63, 3.8) is 0 Å². The van der Waals surface area contributed by atoms with Gasteiger partial charge in [-0.3, -0.25) is 5.10 Å². The molecule has 0 saturated carbocycles. The molecule has 1 fully saturated rings. The molecule has 1 aromatic heterocycles. The minimum absolute atomic E-state index is 0.506. The summed E-state index contributed by atoms with van der Waals surface area (Å²) >= 11 is 2.03. The minimum Gasteiger partial charge on any atom is -0.397 e. The lowest BCUT2D eigenvalue weighted by atomic mass is 10.1. The van der Waals surface area contributed by atoms with Crippen molar-refractivity contribution < 1.29 is 0 Å². The fourth-order valence-electron chi connectivity index (χ4n) is 2.52. The standard InChI is InChI=1S/C13H18N4S/c1-8-9(2)18-4-3-17(8)13-6-12-10(5-11(13)14)7-15-16-12/h5-9H,3-4,14H2,1-2H3,(H,15,16). The Morgan fingerprint density at radius 1 is 1.44 bits per heavy atom. The van der Waals surface area contributed by atoms with Crippen molar-refractivity contribution in [3.05, 3.63) is 18.3 Å². The summed E-state index contributed by atoms with van der Waals surface area (Å²) in [6.45, 7) is 5.61. The zero-order chi connectivity index (χ0) is 12.7. The van der Waals surface area contributed by atoms with Gasteiger partial charge in [-0.15, -0.1) is 0 Å². The summed E-state index contributed by atoms with van der Waals surface area (Å²) in [4.78, 5) is 2.41. The molecule has 5 heteroatoms. The van der Waals surface area contributed by atoms with Gasteiger partial charge in [0.25, 0.3) is 0 Å². The number of aromatic amines is 1. The van der Waals surface area contributed by atoms with Gasteiger partial charge in [-0.2, -0.15) is 16.9 Å². The number of hydrogen-bond acceptors (Lipinski definition) is 4. The number of aromatic nitrogens is 2. The Morgan fingerprint density at radius 2 is 2.28 bits per heavy atom. The van der Waals surface area contributed by atoms with Crippen LogP contribution in [0.15, 0.2) is 18.3 Å². The number of thioether (sulfide) groups is 1. The van der Waals surface area contributed by atoms with Crippen LogP contribution < -0.4 is 10.6 Å². The molecule has 2 atom stereocenters. The van der Waals surface area contributed by atoms with Gasteiger partial charge in [-0.25, -0.2) is 0 Å². The molecule has 0 amide bonds. The molecule has 96 valence electrons. The van der Waals surface area contributed by atoms with Crippen LogP contribution in [-0.2, 0) is 0 Å². The van der Waals surface area contributed by atoms with Gasteiger partial charge in [0.05, 0.1) is 23.1 Å². The van der Waals surface area contributed by atoms with Crippen LogP contribution in [0.2, 0.25) is 0 Å². The van der Waals surface area contributed by atoms with Crippen molar-refractivity contribution in [1.82, 2.24) is 10.2 Å². The second-order valence-electron chi connectivity index (χ2n) is 4.88. The SMILES string of the molecule is CC1SCCN(c2cc3[nH]ncc3cc2N)C1C. The van der Waals surface area contributed by atoms with Crippen LogP contribution in [0.4, 0.5) is 11.4 Å². The first-order chi connectivity index (χ1) is 8.66. The molecule has 2 aromatic rings. The van der Waals surface area contributed by atoms with E-state index in [4.69, 9.17) is 5.73 Å². The zero-order valence-corrected chi connectivity index (χ0v) is 11.5. The van der Waals surface area contributed by atoms with E-state index in [1.54, 1.807) is 0 Å². The Bertz CT molecular complexity index is 565. The first-order valence-electron chi connectivity index (χ1n) is 6.27. The highest BCUT2D eigenvalue weighted by molar-refractivity contribution is 8.00. The average molecular weight is 262 g/mol. The maximum Gasteiger partial charge on any atom is 0.0672 e. The molecule has 1 aliphatic rings. The predicted molar refractivity (Wildman–Crippen MR) is 79.2 cm³/mol. The first-order valence-corrected chi connectivity index (χ1v) is 7.32. The third-order valence-electron chi connectivity index (χ3n) is 3.78. The van der Waals surface area contributed by atoms with Gasteiger partial charge in [0.15, 0.2) is 0 Å². The zero-order valence-electron chi connectivity index (χ0n) is 10.7. The van der Waals surface area contributed by atoms with Gasteiger partial charge >= 0.3 is 0 Å². The Kier molecular flexibility index (Phi) is 2.86. The number of anilines is 2. The summed E-state index contributed by atoms with van der Waals surface area (Å²) in [7, 11) is 0. The number of rotatable bonds is 1. The Morgan fingerprint density at radius 3 is 3.11 bits per heavy atom. The number of nitrogens with two attached hydrogens (primary N) is 1. The molecule has 0 aliphatic carbocycles. The molecule has 2 heterocycles. The molecule has 4 nitrogen and oxygen atoms in total. The van der Waals surface area contributed by atoms with Crippen LogP contribution in [0.25, 0.3) is 10.9 Å². The Balaban J connectivity index is 2.04. The highest BCUT2D eigenvalue weighted by Gasteiger charge is 2.26. The summed E-state index contributed by atoms with van der Waals surface area (Å²) < 4.78 is 0. The molecule has 1 saturated heterocycles. The van der Waals surface area contributed by atoms with Crippen molar-refractivity contribution >= 4 is 34.0 Å². The summed E-state index contributed by atoms with van der Waals surface area (Å²) in [6, 6.07) is 4.64. The van der Waals surface area contributed by atoms with Gasteiger partial charge in [-0.1, -0.05) is 6.92 Å². The number of H-pyrrole nitrogens is 1. The Hall–Kier alpha value is -1.36. The van der Waals surface area contributed by atoms with E-state index in [0.29, 0.717) is 11.3 Å². The number of nitrogens with one attached hydrogen (secondary N) is 1. The number of hydrogen-bond donors (Lipinski definition) is 2. The second-order valence-corrected chi connectivity index (χ2v) is 6.36. The van der Waals surface area contributed by atoms with E-state index in [0.717, 1.165) is 34.6 Å². The first kappa shape index (κ1) is 11.7. The predicted octanol–water partition coefficient (Wildman–Crippen LogP) is 2.48. The van der Waals surface area contributed by atoms with E-state index in [1.165, 1.54) is 0 Å². The van der Waals surface area contributed by atoms with E-state index in [-0.39, 0.29) is 0 Å². The normalized spacial score (nSPS) is 24.7. The summed E-state index contributed by atoms with van der Waals surface area (Å²) in [5.41, 5.74) is 9.22. The van der Waals surface area contributed by atoms with Crippen molar-refractivity contribution in [2.75, 3.05) is 22.9 Å². The van der Waals surface area contributed by atoms with E-state index in [1.807, 2.05) is 24.0 Å². The highest BCUT2D eigenvalue weighted by atomic mass is 32.2. The molecular formula is C13H18N4S. The fraction of sp³-hybridized carbons (Fsp3) is 0.462. The average Bonchev–Trinajstić information content (AvgIpc) is 2.79. The van der Waals surface area contributed by atoms with Crippen molar-refractivity contribution in [3.8, 4) is 0 Å². The second kappa shape index (κ2) is 4.39. The largest absolute Gasteiger partial charge is 0.397 e. The van der Waals surface area contributed by atoms with E-state index < -0.39 is 0 Å². The molecule has 1 aromatic carbocycles. The molecule has 3 rings (SSSR count). The lowest BCUT2D eigenvalue weighted by Crippen LogP contribution is -2.45. The van der Waals surface area contributed by atoms with Gasteiger partial charge in [0.1, 0.15) is 0 Å². The number of nitrogens with zero attached hydrogens (tertiary/aromatic N) is 2. The van der Waals surface area contributed by atoms with Gasteiger partial charge in [-0.05, 0) is 19.1 Å². The van der Waals surface area contributed by atoms with E-state index in [9.17, 15) is 0 Å².